The molecule has 2 rings (SSSR count). The Bertz CT molecular complexity index is 469. The van der Waals surface area contributed by atoms with Crippen molar-refractivity contribution in [3.63, 3.8) is 0 Å². The van der Waals surface area contributed by atoms with Crippen molar-refractivity contribution in [1.82, 2.24) is 9.80 Å². The molecular weight excluding hydrogens is 260 g/mol. The van der Waals surface area contributed by atoms with Gasteiger partial charge in [-0.3, -0.25) is 9.69 Å². The number of ketones is 1. The van der Waals surface area contributed by atoms with Gasteiger partial charge in [-0.15, -0.1) is 0 Å². The number of benzene rings is 1. The lowest BCUT2D eigenvalue weighted by molar-refractivity contribution is 0.0547. The van der Waals surface area contributed by atoms with Crippen LogP contribution in [0.3, 0.4) is 0 Å². The highest BCUT2D eigenvalue weighted by Gasteiger charge is 2.33. The summed E-state index contributed by atoms with van der Waals surface area (Å²) in [7, 11) is 2.20. The molecule has 1 atom stereocenters. The predicted molar refractivity (Wildman–Crippen MR) is 87.7 cm³/mol. The topological polar surface area (TPSA) is 23.6 Å². The van der Waals surface area contributed by atoms with Crippen molar-refractivity contribution in [2.24, 2.45) is 5.41 Å². The molecule has 21 heavy (non-hydrogen) atoms. The van der Waals surface area contributed by atoms with Crippen LogP contribution in [-0.4, -0.2) is 54.9 Å². The first-order valence-electron chi connectivity index (χ1n) is 7.96. The van der Waals surface area contributed by atoms with Crippen LogP contribution in [0.1, 0.15) is 37.6 Å². The Balaban J connectivity index is 2.02. The van der Waals surface area contributed by atoms with Crippen LogP contribution in [0.2, 0.25) is 0 Å². The Labute approximate surface area is 128 Å². The highest BCUT2D eigenvalue weighted by atomic mass is 16.1. The van der Waals surface area contributed by atoms with E-state index >= 15 is 0 Å². The third-order valence-electron chi connectivity index (χ3n) is 4.60. The van der Waals surface area contributed by atoms with Gasteiger partial charge in [-0.05, 0) is 13.5 Å². The highest BCUT2D eigenvalue weighted by molar-refractivity contribution is 6.00. The summed E-state index contributed by atoms with van der Waals surface area (Å²) >= 11 is 0. The highest BCUT2D eigenvalue weighted by Crippen LogP contribution is 2.25. The molecule has 1 fully saturated rings. The molecule has 3 heteroatoms. The Morgan fingerprint density at radius 3 is 2.52 bits per heavy atom. The first-order chi connectivity index (χ1) is 9.94. The summed E-state index contributed by atoms with van der Waals surface area (Å²) < 4.78 is 0. The van der Waals surface area contributed by atoms with E-state index < -0.39 is 0 Å². The summed E-state index contributed by atoms with van der Waals surface area (Å²) in [5.74, 6) is 0.245. The van der Waals surface area contributed by atoms with Crippen LogP contribution in [0.25, 0.3) is 0 Å². The van der Waals surface area contributed by atoms with Gasteiger partial charge in [0.05, 0.1) is 0 Å². The van der Waals surface area contributed by atoms with E-state index in [1.165, 1.54) is 6.42 Å². The lowest BCUT2D eigenvalue weighted by atomic mass is 9.83. The SMILES string of the molecule is CCC1CN(CC(C)(C)C(=O)c2ccccc2)CCN1C. The number of Topliss-reactive ketones (excluding diaryl/α,β-unsaturated/α-hetero) is 1. The van der Waals surface area contributed by atoms with Crippen LogP contribution in [0.5, 0.6) is 0 Å². The van der Waals surface area contributed by atoms with E-state index in [9.17, 15) is 4.79 Å². The number of nitrogens with zero attached hydrogens (tertiary/aromatic N) is 2. The zero-order valence-electron chi connectivity index (χ0n) is 13.8. The molecule has 0 saturated carbocycles. The van der Waals surface area contributed by atoms with Gasteiger partial charge in [0, 0.05) is 43.2 Å². The summed E-state index contributed by atoms with van der Waals surface area (Å²) in [4.78, 5) is 17.6. The quantitative estimate of drug-likeness (QED) is 0.778. The van der Waals surface area contributed by atoms with Gasteiger partial charge in [0.25, 0.3) is 0 Å². The Hall–Kier alpha value is -1.19. The molecule has 0 spiro atoms. The molecule has 0 radical (unpaired) electrons. The minimum atomic E-state index is -0.338. The van der Waals surface area contributed by atoms with Crippen molar-refractivity contribution in [3.8, 4) is 0 Å². The van der Waals surface area contributed by atoms with Crippen molar-refractivity contribution in [3.05, 3.63) is 35.9 Å². The van der Waals surface area contributed by atoms with E-state index in [2.05, 4.69) is 37.6 Å². The van der Waals surface area contributed by atoms with E-state index in [0.29, 0.717) is 6.04 Å². The summed E-state index contributed by atoms with van der Waals surface area (Å²) in [6, 6.07) is 10.3. The van der Waals surface area contributed by atoms with Gasteiger partial charge in [-0.2, -0.15) is 0 Å². The van der Waals surface area contributed by atoms with Crippen LogP contribution < -0.4 is 0 Å². The van der Waals surface area contributed by atoms with Gasteiger partial charge in [0.1, 0.15) is 0 Å². The van der Waals surface area contributed by atoms with Gasteiger partial charge < -0.3 is 4.90 Å². The van der Waals surface area contributed by atoms with E-state index in [1.54, 1.807) is 0 Å². The number of likely N-dealkylation sites (N-methyl/N-ethyl adjacent to an activating group) is 1. The van der Waals surface area contributed by atoms with Gasteiger partial charge in [-0.1, -0.05) is 51.1 Å². The number of carbonyl (C=O) groups is 1. The zero-order chi connectivity index (χ0) is 15.5. The molecule has 0 aromatic heterocycles. The monoisotopic (exact) mass is 288 g/mol. The van der Waals surface area contributed by atoms with Gasteiger partial charge in [0.2, 0.25) is 0 Å². The van der Waals surface area contributed by atoms with Crippen molar-refractivity contribution in [2.45, 2.75) is 33.2 Å². The molecule has 1 saturated heterocycles. The molecule has 1 unspecified atom stereocenters. The molecule has 0 amide bonds. The third kappa shape index (κ3) is 3.92. The Morgan fingerprint density at radius 2 is 1.90 bits per heavy atom. The van der Waals surface area contributed by atoms with Crippen LogP contribution in [0.15, 0.2) is 30.3 Å². The second kappa shape index (κ2) is 6.71. The second-order valence-electron chi connectivity index (χ2n) is 6.86. The van der Waals surface area contributed by atoms with Crippen LogP contribution in [-0.2, 0) is 0 Å². The average Bonchev–Trinajstić information content (AvgIpc) is 2.49. The smallest absolute Gasteiger partial charge is 0.169 e. The molecule has 0 aliphatic carbocycles. The molecule has 3 nitrogen and oxygen atoms in total. The molecular formula is C18H28N2O. The first-order valence-corrected chi connectivity index (χ1v) is 7.96. The van der Waals surface area contributed by atoms with Gasteiger partial charge >= 0.3 is 0 Å². The zero-order valence-corrected chi connectivity index (χ0v) is 13.8. The van der Waals surface area contributed by atoms with Crippen molar-refractivity contribution in [2.75, 3.05) is 33.2 Å². The molecule has 1 aliphatic rings. The molecule has 1 aliphatic heterocycles. The molecule has 0 N–H and O–H groups in total. The number of hydrogen-bond acceptors (Lipinski definition) is 3. The summed E-state index contributed by atoms with van der Waals surface area (Å²) in [6.45, 7) is 10.4. The average molecular weight is 288 g/mol. The fourth-order valence-electron chi connectivity index (χ4n) is 3.21. The molecule has 0 bridgehead atoms. The van der Waals surface area contributed by atoms with E-state index in [-0.39, 0.29) is 11.2 Å². The second-order valence-corrected chi connectivity index (χ2v) is 6.86. The van der Waals surface area contributed by atoms with E-state index in [4.69, 9.17) is 0 Å². The van der Waals surface area contributed by atoms with Crippen LogP contribution in [0.4, 0.5) is 0 Å². The van der Waals surface area contributed by atoms with Crippen LogP contribution in [0, 0.1) is 5.41 Å². The van der Waals surface area contributed by atoms with Gasteiger partial charge in [-0.25, -0.2) is 0 Å². The number of rotatable bonds is 5. The maximum atomic E-state index is 12.7. The standard InChI is InChI=1S/C18H28N2O/c1-5-16-13-20(12-11-19(16)4)14-18(2,3)17(21)15-9-7-6-8-10-15/h6-10,16H,5,11-14H2,1-4H3. The number of carbonyl (C=O) groups excluding carboxylic acids is 1. The minimum absolute atomic E-state index is 0.245. The number of hydrogen-bond donors (Lipinski definition) is 0. The maximum Gasteiger partial charge on any atom is 0.169 e. The van der Waals surface area contributed by atoms with Crippen molar-refractivity contribution in [1.29, 1.82) is 0 Å². The molecule has 116 valence electrons. The molecule has 1 aromatic rings. The maximum absolute atomic E-state index is 12.7. The molecule has 1 heterocycles. The summed E-state index contributed by atoms with van der Waals surface area (Å²) in [6.07, 6.45) is 1.17. The summed E-state index contributed by atoms with van der Waals surface area (Å²) in [5, 5.41) is 0. The third-order valence-corrected chi connectivity index (χ3v) is 4.60. The van der Waals surface area contributed by atoms with Crippen molar-refractivity contribution < 1.29 is 4.79 Å². The van der Waals surface area contributed by atoms with Crippen molar-refractivity contribution >= 4 is 5.78 Å². The predicted octanol–water partition coefficient (Wildman–Crippen LogP) is 2.92. The normalized spacial score (nSPS) is 21.4. The van der Waals surface area contributed by atoms with Gasteiger partial charge in [0.15, 0.2) is 5.78 Å². The minimum Gasteiger partial charge on any atom is -0.301 e. The van der Waals surface area contributed by atoms with Crippen LogP contribution >= 0.6 is 0 Å². The lowest BCUT2D eigenvalue weighted by Crippen LogP contribution is -2.53. The fourth-order valence-corrected chi connectivity index (χ4v) is 3.21. The summed E-state index contributed by atoms with van der Waals surface area (Å²) in [5.41, 5.74) is 0.485. The molecule has 1 aromatic carbocycles. The Kier molecular flexibility index (Phi) is 5.17. The lowest BCUT2D eigenvalue weighted by Gasteiger charge is -2.41. The first kappa shape index (κ1) is 16.2. The van der Waals surface area contributed by atoms with E-state index in [0.717, 1.165) is 31.7 Å². The Morgan fingerprint density at radius 1 is 1.24 bits per heavy atom. The largest absolute Gasteiger partial charge is 0.301 e. The fraction of sp³-hybridized carbons (Fsp3) is 0.611. The number of piperazine rings is 1. The van der Waals surface area contributed by atoms with E-state index in [1.807, 2.05) is 30.3 Å².